The van der Waals surface area contributed by atoms with E-state index in [1.54, 1.807) is 47.7 Å². The van der Waals surface area contributed by atoms with Crippen molar-refractivity contribution in [1.82, 2.24) is 0 Å². The number of hydrogen-bond donors (Lipinski definition) is 0. The summed E-state index contributed by atoms with van der Waals surface area (Å²) in [6.45, 7) is 0. The zero-order valence-corrected chi connectivity index (χ0v) is 25.1. The second-order valence-corrected chi connectivity index (χ2v) is 11.8. The van der Waals surface area contributed by atoms with Gasteiger partial charge in [-0.2, -0.15) is 21.0 Å². The summed E-state index contributed by atoms with van der Waals surface area (Å²) in [4.78, 5) is 2.23. The Balaban J connectivity index is 1.37. The molecule has 0 aliphatic carbocycles. The van der Waals surface area contributed by atoms with Gasteiger partial charge < -0.3 is 4.90 Å². The Morgan fingerprint density at radius 3 is 1.37 bits per heavy atom. The SMILES string of the molecule is N#Cc1cc(C#N)cc(-c2ccc(N(c3ccc(-c4cc(C#N)cc(C#N)c4)cc3)c3cccc4c3sc3ccccc34)cc2)c1. The Labute approximate surface area is 269 Å². The fourth-order valence-corrected chi connectivity index (χ4v) is 6.99. The summed E-state index contributed by atoms with van der Waals surface area (Å²) in [5.74, 6) is 0. The monoisotopic (exact) mass is 603 g/mol. The standard InChI is InChI=1S/C40H21N5S/c41-22-26-16-27(23-42)19-32(18-26)30-8-12-34(13-9-30)45(38-6-3-5-37-36-4-1-2-7-39(36)46-40(37)38)35-14-10-31(11-15-35)33-20-28(24-43)17-29(21-33)25-44/h1-21H. The molecule has 46 heavy (non-hydrogen) atoms. The highest BCUT2D eigenvalue weighted by molar-refractivity contribution is 7.26. The van der Waals surface area contributed by atoms with Gasteiger partial charge >= 0.3 is 0 Å². The van der Waals surface area contributed by atoms with E-state index in [1.807, 2.05) is 24.3 Å². The Kier molecular flexibility index (Phi) is 7.18. The molecule has 0 aliphatic heterocycles. The van der Waals surface area contributed by atoms with E-state index >= 15 is 0 Å². The summed E-state index contributed by atoms with van der Waals surface area (Å²) >= 11 is 1.76. The number of hydrogen-bond acceptors (Lipinski definition) is 6. The van der Waals surface area contributed by atoms with Gasteiger partial charge in [-0.3, -0.25) is 0 Å². The fraction of sp³-hybridized carbons (Fsp3) is 0. The second-order valence-electron chi connectivity index (χ2n) is 10.7. The van der Waals surface area contributed by atoms with E-state index in [0.717, 1.165) is 44.0 Å². The lowest BCUT2D eigenvalue weighted by Gasteiger charge is -2.26. The van der Waals surface area contributed by atoms with Crippen molar-refractivity contribution in [1.29, 1.82) is 21.0 Å². The van der Waals surface area contributed by atoms with E-state index in [4.69, 9.17) is 0 Å². The van der Waals surface area contributed by atoms with Crippen LogP contribution in [0.25, 0.3) is 42.4 Å². The molecule has 0 saturated carbocycles. The Bertz CT molecular complexity index is 2280. The van der Waals surface area contributed by atoms with Crippen molar-refractivity contribution in [3.8, 4) is 46.5 Å². The molecule has 7 aromatic rings. The zero-order valence-electron chi connectivity index (χ0n) is 24.3. The largest absolute Gasteiger partial charge is 0.309 e. The average molecular weight is 604 g/mol. The van der Waals surface area contributed by atoms with Crippen LogP contribution in [0, 0.1) is 45.3 Å². The van der Waals surface area contributed by atoms with Gasteiger partial charge in [0.2, 0.25) is 0 Å². The van der Waals surface area contributed by atoms with Crippen LogP contribution >= 0.6 is 11.3 Å². The Morgan fingerprint density at radius 2 is 0.891 bits per heavy atom. The van der Waals surface area contributed by atoms with Crippen LogP contribution in [0.3, 0.4) is 0 Å². The summed E-state index contributed by atoms with van der Waals surface area (Å²) in [6, 6.07) is 50.0. The number of fused-ring (bicyclic) bond motifs is 3. The summed E-state index contributed by atoms with van der Waals surface area (Å²) < 4.78 is 2.38. The third-order valence-electron chi connectivity index (χ3n) is 7.92. The molecule has 1 aromatic heterocycles. The van der Waals surface area contributed by atoms with Crippen molar-refractivity contribution in [2.45, 2.75) is 0 Å². The molecular weight excluding hydrogens is 583 g/mol. The lowest BCUT2D eigenvalue weighted by atomic mass is 9.99. The molecule has 6 heteroatoms. The predicted molar refractivity (Wildman–Crippen MR) is 184 cm³/mol. The normalized spacial score (nSPS) is 10.5. The van der Waals surface area contributed by atoms with Gasteiger partial charge in [0, 0.05) is 26.8 Å². The van der Waals surface area contributed by atoms with Gasteiger partial charge in [0.05, 0.1) is 56.9 Å². The van der Waals surface area contributed by atoms with Gasteiger partial charge in [-0.05, 0) is 95.1 Å². The van der Waals surface area contributed by atoms with Gasteiger partial charge in [-0.25, -0.2) is 0 Å². The van der Waals surface area contributed by atoms with Crippen LogP contribution < -0.4 is 4.90 Å². The van der Waals surface area contributed by atoms with Crippen LogP contribution in [0.15, 0.2) is 127 Å². The average Bonchev–Trinajstić information content (AvgIpc) is 3.51. The van der Waals surface area contributed by atoms with Gasteiger partial charge in [0.25, 0.3) is 0 Å². The van der Waals surface area contributed by atoms with E-state index in [2.05, 4.69) is 95.9 Å². The van der Waals surface area contributed by atoms with Crippen molar-refractivity contribution < 1.29 is 0 Å². The Hall–Kier alpha value is -6.70. The van der Waals surface area contributed by atoms with Crippen molar-refractivity contribution in [2.24, 2.45) is 0 Å². The van der Waals surface area contributed by atoms with Crippen molar-refractivity contribution in [3.63, 3.8) is 0 Å². The molecule has 7 rings (SSSR count). The lowest BCUT2D eigenvalue weighted by molar-refractivity contribution is 1.30. The van der Waals surface area contributed by atoms with E-state index < -0.39 is 0 Å². The minimum Gasteiger partial charge on any atom is -0.309 e. The number of nitriles is 4. The minimum absolute atomic E-state index is 0.443. The maximum absolute atomic E-state index is 9.49. The zero-order chi connectivity index (χ0) is 31.6. The molecule has 0 aliphatic rings. The van der Waals surface area contributed by atoms with Gasteiger partial charge in [0.1, 0.15) is 0 Å². The summed E-state index contributed by atoms with van der Waals surface area (Å²) in [7, 11) is 0. The molecule has 0 radical (unpaired) electrons. The molecule has 212 valence electrons. The molecule has 0 bridgehead atoms. The number of rotatable bonds is 5. The topological polar surface area (TPSA) is 98.4 Å². The number of anilines is 3. The van der Waals surface area contributed by atoms with Crippen LogP contribution in [-0.2, 0) is 0 Å². The van der Waals surface area contributed by atoms with Crippen LogP contribution in [0.4, 0.5) is 17.1 Å². The number of nitrogens with zero attached hydrogens (tertiary/aromatic N) is 5. The quantitative estimate of drug-likeness (QED) is 0.195. The third-order valence-corrected chi connectivity index (χ3v) is 9.13. The van der Waals surface area contributed by atoms with Gasteiger partial charge in [0.15, 0.2) is 0 Å². The van der Waals surface area contributed by atoms with E-state index in [1.165, 1.54) is 15.5 Å². The number of thiophene rings is 1. The molecule has 0 N–H and O–H groups in total. The van der Waals surface area contributed by atoms with E-state index in [0.29, 0.717) is 22.3 Å². The molecule has 6 aromatic carbocycles. The van der Waals surface area contributed by atoms with Crippen LogP contribution in [0.1, 0.15) is 22.3 Å². The molecule has 1 heterocycles. The second kappa shape index (κ2) is 11.8. The molecule has 0 fully saturated rings. The third kappa shape index (κ3) is 5.09. The highest BCUT2D eigenvalue weighted by atomic mass is 32.1. The molecule has 0 spiro atoms. The van der Waals surface area contributed by atoms with E-state index in [-0.39, 0.29) is 0 Å². The molecular formula is C40H21N5S. The first kappa shape index (κ1) is 28.1. The van der Waals surface area contributed by atoms with Gasteiger partial charge in [-0.1, -0.05) is 54.6 Å². The van der Waals surface area contributed by atoms with Crippen molar-refractivity contribution in [3.05, 3.63) is 150 Å². The first-order valence-electron chi connectivity index (χ1n) is 14.4. The highest BCUT2D eigenvalue weighted by Gasteiger charge is 2.18. The number of benzene rings is 6. The van der Waals surface area contributed by atoms with Gasteiger partial charge in [-0.15, -0.1) is 11.3 Å². The predicted octanol–water partition coefficient (Wildman–Crippen LogP) is 10.3. The van der Waals surface area contributed by atoms with Crippen molar-refractivity contribution >= 4 is 48.6 Å². The maximum atomic E-state index is 9.49. The van der Waals surface area contributed by atoms with E-state index in [9.17, 15) is 21.0 Å². The summed E-state index contributed by atoms with van der Waals surface area (Å²) in [5, 5.41) is 40.4. The summed E-state index contributed by atoms with van der Waals surface area (Å²) in [6.07, 6.45) is 0. The highest BCUT2D eigenvalue weighted by Crippen LogP contribution is 2.45. The first-order chi connectivity index (χ1) is 22.6. The maximum Gasteiger partial charge on any atom is 0.0992 e. The Morgan fingerprint density at radius 1 is 0.435 bits per heavy atom. The lowest BCUT2D eigenvalue weighted by Crippen LogP contribution is -2.10. The van der Waals surface area contributed by atoms with Crippen molar-refractivity contribution in [2.75, 3.05) is 4.90 Å². The molecule has 0 saturated heterocycles. The molecule has 5 nitrogen and oxygen atoms in total. The molecule has 0 atom stereocenters. The fourth-order valence-electron chi connectivity index (χ4n) is 5.79. The smallest absolute Gasteiger partial charge is 0.0992 e. The molecule has 0 unspecified atom stereocenters. The molecule has 0 amide bonds. The van der Waals surface area contributed by atoms with Crippen LogP contribution in [0.5, 0.6) is 0 Å². The van der Waals surface area contributed by atoms with Crippen LogP contribution in [-0.4, -0.2) is 0 Å². The summed E-state index contributed by atoms with van der Waals surface area (Å²) in [5.41, 5.74) is 8.11. The van der Waals surface area contributed by atoms with Crippen LogP contribution in [0.2, 0.25) is 0 Å². The minimum atomic E-state index is 0.443. The first-order valence-corrected chi connectivity index (χ1v) is 15.2.